The largest absolute Gasteiger partial charge is 0.327 e. The minimum Gasteiger partial charge on any atom is -0.327 e. The molecule has 0 radical (unpaired) electrons. The van der Waals surface area contributed by atoms with E-state index in [1.165, 1.54) is 4.80 Å². The van der Waals surface area contributed by atoms with Crippen LogP contribution in [0.4, 0.5) is 0 Å². The van der Waals surface area contributed by atoms with Crippen LogP contribution >= 0.6 is 0 Å². The smallest absolute Gasteiger partial charge is 0.188 e. The zero-order valence-corrected chi connectivity index (χ0v) is 9.30. The van der Waals surface area contributed by atoms with Crippen molar-refractivity contribution in [3.63, 3.8) is 0 Å². The van der Waals surface area contributed by atoms with Crippen molar-refractivity contribution in [1.29, 1.82) is 0 Å². The fraction of sp³-hybridized carbons (Fsp3) is 0.889. The molecule has 2 atom stereocenters. The molecule has 1 aliphatic rings. The minimum absolute atomic E-state index is 0.344. The average Bonchev–Trinajstić information content (AvgIpc) is 2.58. The van der Waals surface area contributed by atoms with Gasteiger partial charge in [-0.05, 0) is 17.6 Å². The standard InChI is InChI=1S/C9H18N6/c1-7-5-15(4-3-8(7)10)6-9-11-13-14(2)12-9/h7-8H,3-6,10H2,1-2H3. The highest BCUT2D eigenvalue weighted by molar-refractivity contribution is 4.84. The molecule has 84 valence electrons. The van der Waals surface area contributed by atoms with E-state index in [2.05, 4.69) is 27.2 Å². The van der Waals surface area contributed by atoms with Crippen molar-refractivity contribution in [1.82, 2.24) is 25.1 Å². The number of hydrogen-bond donors (Lipinski definition) is 1. The molecule has 1 fully saturated rings. The molecule has 0 aliphatic carbocycles. The van der Waals surface area contributed by atoms with Crippen molar-refractivity contribution < 1.29 is 0 Å². The SMILES string of the molecule is CC1CN(Cc2nnn(C)n2)CCC1N. The predicted molar refractivity (Wildman–Crippen MR) is 55.8 cm³/mol. The number of rotatable bonds is 2. The Morgan fingerprint density at radius 3 is 2.93 bits per heavy atom. The maximum atomic E-state index is 5.96. The number of nitrogens with two attached hydrogens (primary N) is 1. The van der Waals surface area contributed by atoms with Crippen LogP contribution in [0.5, 0.6) is 0 Å². The van der Waals surface area contributed by atoms with Crippen molar-refractivity contribution >= 4 is 0 Å². The van der Waals surface area contributed by atoms with Gasteiger partial charge in [0.15, 0.2) is 5.82 Å². The molecule has 6 heteroatoms. The summed E-state index contributed by atoms with van der Waals surface area (Å²) in [6, 6.07) is 0.344. The molecule has 1 aromatic heterocycles. The Balaban J connectivity index is 1.90. The maximum Gasteiger partial charge on any atom is 0.188 e. The number of aromatic nitrogens is 4. The zero-order valence-electron chi connectivity index (χ0n) is 9.30. The minimum atomic E-state index is 0.344. The number of nitrogens with zero attached hydrogens (tertiary/aromatic N) is 5. The van der Waals surface area contributed by atoms with Crippen LogP contribution in [0.1, 0.15) is 19.2 Å². The van der Waals surface area contributed by atoms with E-state index in [-0.39, 0.29) is 0 Å². The maximum absolute atomic E-state index is 5.96. The highest BCUT2D eigenvalue weighted by Gasteiger charge is 2.23. The first kappa shape index (κ1) is 10.5. The Labute approximate surface area is 89.4 Å². The normalized spacial score (nSPS) is 28.2. The van der Waals surface area contributed by atoms with Crippen molar-refractivity contribution in [3.05, 3.63) is 5.82 Å². The summed E-state index contributed by atoms with van der Waals surface area (Å²) in [5, 5.41) is 12.0. The number of aryl methyl sites for hydroxylation is 1. The van der Waals surface area contributed by atoms with Crippen LogP contribution in [0, 0.1) is 5.92 Å². The Morgan fingerprint density at radius 1 is 1.53 bits per heavy atom. The molecule has 15 heavy (non-hydrogen) atoms. The van der Waals surface area contributed by atoms with E-state index in [1.807, 2.05) is 0 Å². The van der Waals surface area contributed by atoms with E-state index in [9.17, 15) is 0 Å². The fourth-order valence-corrected chi connectivity index (χ4v) is 1.98. The number of likely N-dealkylation sites (tertiary alicyclic amines) is 1. The number of piperidine rings is 1. The summed E-state index contributed by atoms with van der Waals surface area (Å²) in [5.41, 5.74) is 5.96. The van der Waals surface area contributed by atoms with Gasteiger partial charge < -0.3 is 5.73 Å². The van der Waals surface area contributed by atoms with Crippen molar-refractivity contribution in [2.45, 2.75) is 25.9 Å². The molecule has 2 heterocycles. The summed E-state index contributed by atoms with van der Waals surface area (Å²) >= 11 is 0. The Morgan fingerprint density at radius 2 is 2.33 bits per heavy atom. The molecular weight excluding hydrogens is 192 g/mol. The van der Waals surface area contributed by atoms with Gasteiger partial charge in [-0.1, -0.05) is 6.92 Å². The molecule has 2 rings (SSSR count). The second-order valence-electron chi connectivity index (χ2n) is 4.36. The Hall–Kier alpha value is -1.01. The van der Waals surface area contributed by atoms with E-state index < -0.39 is 0 Å². The molecule has 1 aromatic rings. The van der Waals surface area contributed by atoms with E-state index in [4.69, 9.17) is 5.73 Å². The Kier molecular flexibility index (Phi) is 2.97. The van der Waals surface area contributed by atoms with Crippen molar-refractivity contribution in [2.24, 2.45) is 18.7 Å². The van der Waals surface area contributed by atoms with E-state index >= 15 is 0 Å². The first-order chi connectivity index (χ1) is 7.15. The molecule has 1 aliphatic heterocycles. The summed E-state index contributed by atoms with van der Waals surface area (Å²) in [5.74, 6) is 1.34. The molecule has 2 unspecified atom stereocenters. The first-order valence-corrected chi connectivity index (χ1v) is 5.36. The topological polar surface area (TPSA) is 72.9 Å². The lowest BCUT2D eigenvalue weighted by Gasteiger charge is -2.34. The van der Waals surface area contributed by atoms with E-state index in [0.29, 0.717) is 12.0 Å². The highest BCUT2D eigenvalue weighted by Crippen LogP contribution is 2.15. The van der Waals surface area contributed by atoms with Crippen LogP contribution in [-0.2, 0) is 13.6 Å². The van der Waals surface area contributed by atoms with Crippen LogP contribution in [-0.4, -0.2) is 44.2 Å². The molecule has 0 saturated carbocycles. The summed E-state index contributed by atoms with van der Waals surface area (Å²) in [6.07, 6.45) is 1.06. The molecule has 0 aromatic carbocycles. The van der Waals surface area contributed by atoms with Crippen molar-refractivity contribution in [2.75, 3.05) is 13.1 Å². The average molecular weight is 210 g/mol. The third-order valence-electron chi connectivity index (χ3n) is 2.97. The fourth-order valence-electron chi connectivity index (χ4n) is 1.98. The second kappa shape index (κ2) is 4.24. The van der Waals surface area contributed by atoms with Gasteiger partial charge in [0.2, 0.25) is 0 Å². The summed E-state index contributed by atoms with van der Waals surface area (Å²) < 4.78 is 0. The summed E-state index contributed by atoms with van der Waals surface area (Å²) in [7, 11) is 1.78. The lowest BCUT2D eigenvalue weighted by atomic mass is 9.95. The van der Waals surface area contributed by atoms with Gasteiger partial charge in [-0.3, -0.25) is 4.90 Å². The van der Waals surface area contributed by atoms with Gasteiger partial charge in [0, 0.05) is 19.1 Å². The van der Waals surface area contributed by atoms with Gasteiger partial charge >= 0.3 is 0 Å². The molecular formula is C9H18N6. The van der Waals surface area contributed by atoms with Gasteiger partial charge in [-0.15, -0.1) is 10.2 Å². The summed E-state index contributed by atoms with van der Waals surface area (Å²) in [4.78, 5) is 3.83. The molecule has 0 bridgehead atoms. The van der Waals surface area contributed by atoms with Crippen LogP contribution in [0.25, 0.3) is 0 Å². The van der Waals surface area contributed by atoms with Gasteiger partial charge in [0.05, 0.1) is 13.6 Å². The van der Waals surface area contributed by atoms with Gasteiger partial charge in [0.1, 0.15) is 0 Å². The number of hydrogen-bond acceptors (Lipinski definition) is 5. The molecule has 0 spiro atoms. The summed E-state index contributed by atoms with van der Waals surface area (Å²) in [6.45, 7) is 5.04. The third kappa shape index (κ3) is 2.51. The number of tetrazole rings is 1. The highest BCUT2D eigenvalue weighted by atomic mass is 15.6. The van der Waals surface area contributed by atoms with Crippen LogP contribution < -0.4 is 5.73 Å². The van der Waals surface area contributed by atoms with E-state index in [0.717, 1.165) is 31.9 Å². The first-order valence-electron chi connectivity index (χ1n) is 5.36. The van der Waals surface area contributed by atoms with E-state index in [1.54, 1.807) is 7.05 Å². The lowest BCUT2D eigenvalue weighted by molar-refractivity contribution is 0.154. The molecule has 0 amide bonds. The van der Waals surface area contributed by atoms with Crippen molar-refractivity contribution in [3.8, 4) is 0 Å². The van der Waals surface area contributed by atoms with Crippen LogP contribution in [0.2, 0.25) is 0 Å². The molecule has 1 saturated heterocycles. The van der Waals surface area contributed by atoms with Crippen LogP contribution in [0.15, 0.2) is 0 Å². The lowest BCUT2D eigenvalue weighted by Crippen LogP contribution is -2.45. The molecule has 6 nitrogen and oxygen atoms in total. The van der Waals surface area contributed by atoms with Gasteiger partial charge in [-0.2, -0.15) is 4.80 Å². The zero-order chi connectivity index (χ0) is 10.8. The van der Waals surface area contributed by atoms with Crippen LogP contribution in [0.3, 0.4) is 0 Å². The predicted octanol–water partition coefficient (Wildman–Crippen LogP) is -0.621. The quantitative estimate of drug-likeness (QED) is 0.704. The van der Waals surface area contributed by atoms with Gasteiger partial charge in [0.25, 0.3) is 0 Å². The van der Waals surface area contributed by atoms with Gasteiger partial charge in [-0.25, -0.2) is 0 Å². The second-order valence-corrected chi connectivity index (χ2v) is 4.36. The third-order valence-corrected chi connectivity index (χ3v) is 2.97. The molecule has 2 N–H and O–H groups in total. The monoisotopic (exact) mass is 210 g/mol. The Bertz CT molecular complexity index is 322.